The fraction of sp³-hybridized carbons (Fsp3) is 0.250. The summed E-state index contributed by atoms with van der Waals surface area (Å²) in [6.07, 6.45) is 2.04. The van der Waals surface area contributed by atoms with Gasteiger partial charge in [-0.1, -0.05) is 25.6 Å². The Labute approximate surface area is 143 Å². The third-order valence-electron chi connectivity index (χ3n) is 4.35. The molecule has 0 saturated heterocycles. The summed E-state index contributed by atoms with van der Waals surface area (Å²) < 4.78 is 0. The fourth-order valence-electron chi connectivity index (χ4n) is 3.00. The van der Waals surface area contributed by atoms with Crippen molar-refractivity contribution in [2.75, 3.05) is 17.7 Å². The Hall–Kier alpha value is -2.75. The monoisotopic (exact) mass is 320 g/mol. The standard InChI is InChI=1S/C20H24N4/c1-5-8-19-22-17-12-15(11-13(2)20(17)23-19)14(3)24(4)18-10-7-6-9-16(18)21/h6-7,9-12H,3,5,8,21H2,1-2,4H3,(H,22,23). The molecule has 0 spiro atoms. The van der Waals surface area contributed by atoms with Crippen LogP contribution < -0.4 is 10.6 Å². The van der Waals surface area contributed by atoms with Gasteiger partial charge in [-0.05, 0) is 48.7 Å². The van der Waals surface area contributed by atoms with E-state index in [4.69, 9.17) is 10.7 Å². The highest BCUT2D eigenvalue weighted by Crippen LogP contribution is 2.30. The first-order valence-electron chi connectivity index (χ1n) is 8.28. The molecule has 0 amide bonds. The van der Waals surface area contributed by atoms with Crippen molar-refractivity contribution >= 4 is 28.1 Å². The minimum Gasteiger partial charge on any atom is -0.397 e. The number of hydrogen-bond donors (Lipinski definition) is 2. The summed E-state index contributed by atoms with van der Waals surface area (Å²) >= 11 is 0. The molecule has 0 aliphatic heterocycles. The van der Waals surface area contributed by atoms with E-state index in [9.17, 15) is 0 Å². The highest BCUT2D eigenvalue weighted by molar-refractivity contribution is 5.88. The zero-order chi connectivity index (χ0) is 17.3. The molecule has 1 aromatic heterocycles. The van der Waals surface area contributed by atoms with E-state index >= 15 is 0 Å². The highest BCUT2D eigenvalue weighted by Gasteiger charge is 2.13. The van der Waals surface area contributed by atoms with Crippen molar-refractivity contribution in [2.45, 2.75) is 26.7 Å². The summed E-state index contributed by atoms with van der Waals surface area (Å²) in [5.41, 5.74) is 13.0. The Bertz CT molecular complexity index is 892. The number of fused-ring (bicyclic) bond motifs is 1. The number of imidazole rings is 1. The topological polar surface area (TPSA) is 57.9 Å². The van der Waals surface area contributed by atoms with Crippen molar-refractivity contribution in [1.82, 2.24) is 9.97 Å². The minimum atomic E-state index is 0.741. The molecule has 0 fully saturated rings. The lowest BCUT2D eigenvalue weighted by atomic mass is 10.1. The van der Waals surface area contributed by atoms with Gasteiger partial charge in [0.15, 0.2) is 0 Å². The van der Waals surface area contributed by atoms with Crippen molar-refractivity contribution < 1.29 is 0 Å². The predicted molar refractivity (Wildman–Crippen MR) is 103 cm³/mol. The van der Waals surface area contributed by atoms with E-state index in [0.29, 0.717) is 0 Å². The van der Waals surface area contributed by atoms with Gasteiger partial charge in [0, 0.05) is 19.2 Å². The van der Waals surface area contributed by atoms with Gasteiger partial charge in [0.25, 0.3) is 0 Å². The first-order chi connectivity index (χ1) is 11.5. The number of aromatic nitrogens is 2. The number of rotatable bonds is 5. The van der Waals surface area contributed by atoms with E-state index in [-0.39, 0.29) is 0 Å². The quantitative estimate of drug-likeness (QED) is 0.680. The van der Waals surface area contributed by atoms with Crippen LogP contribution in [-0.4, -0.2) is 17.0 Å². The van der Waals surface area contributed by atoms with E-state index in [0.717, 1.165) is 57.9 Å². The average molecular weight is 320 g/mol. The molecule has 3 aromatic rings. The van der Waals surface area contributed by atoms with E-state index in [1.807, 2.05) is 36.2 Å². The van der Waals surface area contributed by atoms with Gasteiger partial charge in [0.1, 0.15) is 5.82 Å². The Morgan fingerprint density at radius 1 is 1.29 bits per heavy atom. The number of benzene rings is 2. The molecule has 2 aromatic carbocycles. The number of H-pyrrole nitrogens is 1. The molecule has 24 heavy (non-hydrogen) atoms. The van der Waals surface area contributed by atoms with Crippen molar-refractivity contribution in [2.24, 2.45) is 0 Å². The maximum Gasteiger partial charge on any atom is 0.107 e. The number of nitrogens with zero attached hydrogens (tertiary/aromatic N) is 2. The second kappa shape index (κ2) is 6.40. The van der Waals surface area contributed by atoms with E-state index in [1.165, 1.54) is 0 Å². The molecule has 1 heterocycles. The van der Waals surface area contributed by atoms with Gasteiger partial charge >= 0.3 is 0 Å². The highest BCUT2D eigenvalue weighted by atomic mass is 15.1. The molecular formula is C20H24N4. The second-order valence-electron chi connectivity index (χ2n) is 6.19. The van der Waals surface area contributed by atoms with Gasteiger partial charge < -0.3 is 15.6 Å². The Morgan fingerprint density at radius 2 is 2.04 bits per heavy atom. The molecule has 4 nitrogen and oxygen atoms in total. The van der Waals surface area contributed by atoms with Crippen LogP contribution in [0.1, 0.15) is 30.3 Å². The van der Waals surface area contributed by atoms with Crippen LogP contribution in [0, 0.1) is 6.92 Å². The number of nitrogen functional groups attached to an aromatic ring is 1. The smallest absolute Gasteiger partial charge is 0.107 e. The molecule has 3 N–H and O–H groups in total. The third kappa shape index (κ3) is 2.87. The van der Waals surface area contributed by atoms with E-state index in [2.05, 4.69) is 37.5 Å². The zero-order valence-electron chi connectivity index (χ0n) is 14.6. The maximum absolute atomic E-state index is 6.10. The summed E-state index contributed by atoms with van der Waals surface area (Å²) in [5, 5.41) is 0. The minimum absolute atomic E-state index is 0.741. The van der Waals surface area contributed by atoms with Gasteiger partial charge in [-0.3, -0.25) is 0 Å². The van der Waals surface area contributed by atoms with Crippen molar-refractivity contribution in [3.05, 3.63) is 59.9 Å². The van der Waals surface area contributed by atoms with Crippen LogP contribution in [0.2, 0.25) is 0 Å². The van der Waals surface area contributed by atoms with Crippen LogP contribution in [0.4, 0.5) is 11.4 Å². The summed E-state index contributed by atoms with van der Waals surface area (Å²) in [5.74, 6) is 1.04. The van der Waals surface area contributed by atoms with Crippen LogP contribution in [-0.2, 0) is 6.42 Å². The molecule has 0 bridgehead atoms. The zero-order valence-corrected chi connectivity index (χ0v) is 14.6. The van der Waals surface area contributed by atoms with Crippen LogP contribution in [0.3, 0.4) is 0 Å². The molecule has 0 radical (unpaired) electrons. The van der Waals surface area contributed by atoms with Gasteiger partial charge in [0.05, 0.1) is 22.4 Å². The maximum atomic E-state index is 6.10. The molecule has 0 atom stereocenters. The van der Waals surface area contributed by atoms with Gasteiger partial charge in [0.2, 0.25) is 0 Å². The van der Waals surface area contributed by atoms with Crippen LogP contribution in [0.5, 0.6) is 0 Å². The summed E-state index contributed by atoms with van der Waals surface area (Å²) in [7, 11) is 1.99. The number of aryl methyl sites for hydroxylation is 2. The van der Waals surface area contributed by atoms with Gasteiger partial charge in [-0.25, -0.2) is 4.98 Å². The van der Waals surface area contributed by atoms with Crippen LogP contribution in [0.15, 0.2) is 43.0 Å². The van der Waals surface area contributed by atoms with E-state index in [1.54, 1.807) is 0 Å². The molecule has 3 rings (SSSR count). The lowest BCUT2D eigenvalue weighted by molar-refractivity contribution is 0.861. The summed E-state index contributed by atoms with van der Waals surface area (Å²) in [4.78, 5) is 10.2. The molecule has 4 heteroatoms. The first kappa shape index (κ1) is 16.1. The number of aromatic amines is 1. The number of para-hydroxylation sites is 2. The molecule has 124 valence electrons. The molecule has 0 unspecified atom stereocenters. The Kier molecular flexibility index (Phi) is 4.30. The molecule has 0 aliphatic carbocycles. The average Bonchev–Trinajstić information content (AvgIpc) is 2.97. The predicted octanol–water partition coefficient (Wildman–Crippen LogP) is 4.51. The largest absolute Gasteiger partial charge is 0.397 e. The summed E-state index contributed by atoms with van der Waals surface area (Å²) in [6.45, 7) is 8.52. The molecular weight excluding hydrogens is 296 g/mol. The van der Waals surface area contributed by atoms with Crippen molar-refractivity contribution in [3.8, 4) is 0 Å². The third-order valence-corrected chi connectivity index (χ3v) is 4.35. The fourth-order valence-corrected chi connectivity index (χ4v) is 3.00. The first-order valence-corrected chi connectivity index (χ1v) is 8.28. The summed E-state index contributed by atoms with van der Waals surface area (Å²) in [6, 6.07) is 12.1. The lowest BCUT2D eigenvalue weighted by Crippen LogP contribution is -2.16. The molecule has 0 saturated carbocycles. The number of hydrogen-bond acceptors (Lipinski definition) is 3. The normalized spacial score (nSPS) is 11.0. The lowest BCUT2D eigenvalue weighted by Gasteiger charge is -2.23. The van der Waals surface area contributed by atoms with E-state index < -0.39 is 0 Å². The van der Waals surface area contributed by atoms with Crippen molar-refractivity contribution in [1.29, 1.82) is 0 Å². The Balaban J connectivity index is 1.99. The van der Waals surface area contributed by atoms with Crippen LogP contribution >= 0.6 is 0 Å². The molecule has 0 aliphatic rings. The second-order valence-corrected chi connectivity index (χ2v) is 6.19. The number of anilines is 2. The van der Waals surface area contributed by atoms with Crippen LogP contribution in [0.25, 0.3) is 16.7 Å². The van der Waals surface area contributed by atoms with Gasteiger partial charge in [-0.2, -0.15) is 0 Å². The van der Waals surface area contributed by atoms with Gasteiger partial charge in [-0.15, -0.1) is 0 Å². The Morgan fingerprint density at radius 3 is 2.75 bits per heavy atom. The van der Waals surface area contributed by atoms with Crippen molar-refractivity contribution in [3.63, 3.8) is 0 Å². The number of nitrogens with two attached hydrogens (primary N) is 1. The number of nitrogens with one attached hydrogen (secondary N) is 1. The SMILES string of the molecule is C=C(c1cc(C)c2nc(CCC)[nH]c2c1)N(C)c1ccccc1N.